The van der Waals surface area contributed by atoms with Crippen molar-refractivity contribution in [2.75, 3.05) is 18.4 Å². The summed E-state index contributed by atoms with van der Waals surface area (Å²) in [4.78, 5) is 31.9. The number of carboxylic acids is 1. The van der Waals surface area contributed by atoms with Gasteiger partial charge in [0.2, 0.25) is 0 Å². The van der Waals surface area contributed by atoms with Crippen LogP contribution < -0.4 is 10.6 Å². The summed E-state index contributed by atoms with van der Waals surface area (Å²) in [5, 5.41) is 15.6. The Hall–Kier alpha value is -3.58. The Bertz CT molecular complexity index is 1050. The minimum absolute atomic E-state index is 0.101. The largest absolute Gasteiger partial charge is 0.478 e. The third-order valence-electron chi connectivity index (χ3n) is 5.29. The van der Waals surface area contributed by atoms with E-state index in [9.17, 15) is 14.7 Å². The Morgan fingerprint density at radius 1 is 1.00 bits per heavy atom. The molecule has 0 aliphatic carbocycles. The lowest BCUT2D eigenvalue weighted by molar-refractivity contribution is 0.0696. The van der Waals surface area contributed by atoms with E-state index in [1.807, 2.05) is 12.1 Å². The number of aromatic nitrogens is 2. The number of benzene rings is 2. The lowest BCUT2D eigenvalue weighted by Gasteiger charge is -2.23. The highest BCUT2D eigenvalue weighted by Crippen LogP contribution is 2.30. The maximum Gasteiger partial charge on any atom is 0.335 e. The number of nitrogens with one attached hydrogen (secondary N) is 2. The molecular formula is C23H22N4O3. The molecule has 0 radical (unpaired) electrons. The fourth-order valence-electron chi connectivity index (χ4n) is 3.70. The van der Waals surface area contributed by atoms with Crippen LogP contribution in [0.2, 0.25) is 0 Å². The minimum atomic E-state index is -1.06. The molecule has 0 bridgehead atoms. The molecule has 3 N–H and O–H groups in total. The SMILES string of the molecule is O=C(O)c1cc(NC(=O)c2cnccn2)cc(-c2ccc(C3CCNCC3)cc2)c1. The predicted octanol–water partition coefficient (Wildman–Crippen LogP) is 3.56. The molecular weight excluding hydrogens is 380 g/mol. The van der Waals surface area contributed by atoms with Gasteiger partial charge < -0.3 is 15.7 Å². The van der Waals surface area contributed by atoms with Crippen LogP contribution in [0.1, 0.15) is 45.2 Å². The molecule has 0 unspecified atom stereocenters. The molecule has 30 heavy (non-hydrogen) atoms. The van der Waals surface area contributed by atoms with Crippen molar-refractivity contribution in [2.45, 2.75) is 18.8 Å². The van der Waals surface area contributed by atoms with Crippen molar-refractivity contribution in [3.63, 3.8) is 0 Å². The van der Waals surface area contributed by atoms with Gasteiger partial charge in [0.15, 0.2) is 0 Å². The fraction of sp³-hybridized carbons (Fsp3) is 0.217. The van der Waals surface area contributed by atoms with Crippen LogP contribution in [-0.4, -0.2) is 40.0 Å². The van der Waals surface area contributed by atoms with Crippen LogP contribution >= 0.6 is 0 Å². The summed E-state index contributed by atoms with van der Waals surface area (Å²) in [6.07, 6.45) is 6.50. The van der Waals surface area contributed by atoms with E-state index in [1.165, 1.54) is 30.2 Å². The summed E-state index contributed by atoms with van der Waals surface area (Å²) >= 11 is 0. The molecule has 1 aliphatic heterocycles. The van der Waals surface area contributed by atoms with Gasteiger partial charge in [0.1, 0.15) is 5.69 Å². The van der Waals surface area contributed by atoms with Crippen LogP contribution in [0, 0.1) is 0 Å². The van der Waals surface area contributed by atoms with Crippen LogP contribution in [0.15, 0.2) is 61.1 Å². The quantitative estimate of drug-likeness (QED) is 0.603. The standard InChI is InChI=1S/C23H22N4O3/c28-22(21-14-25-9-10-26-21)27-20-12-18(11-19(13-20)23(29)30)16-3-1-15(2-4-16)17-5-7-24-8-6-17/h1-4,9-14,17,24H,5-8H2,(H,27,28)(H,29,30). The lowest BCUT2D eigenvalue weighted by atomic mass is 9.89. The van der Waals surface area contributed by atoms with Crippen molar-refractivity contribution in [1.29, 1.82) is 0 Å². The average Bonchev–Trinajstić information content (AvgIpc) is 2.80. The zero-order valence-corrected chi connectivity index (χ0v) is 16.3. The molecule has 0 saturated carbocycles. The van der Waals surface area contributed by atoms with Crippen LogP contribution in [0.3, 0.4) is 0 Å². The van der Waals surface area contributed by atoms with Crippen molar-refractivity contribution in [2.24, 2.45) is 0 Å². The van der Waals surface area contributed by atoms with Gasteiger partial charge in [-0.2, -0.15) is 0 Å². The van der Waals surface area contributed by atoms with Crippen LogP contribution in [-0.2, 0) is 0 Å². The van der Waals surface area contributed by atoms with Crippen molar-refractivity contribution < 1.29 is 14.7 Å². The molecule has 7 heteroatoms. The summed E-state index contributed by atoms with van der Waals surface area (Å²) in [5.74, 6) is -0.955. The molecule has 7 nitrogen and oxygen atoms in total. The summed E-state index contributed by atoms with van der Waals surface area (Å²) in [6, 6.07) is 13.0. The van der Waals surface area contributed by atoms with Crippen molar-refractivity contribution in [3.8, 4) is 11.1 Å². The van der Waals surface area contributed by atoms with Crippen LogP contribution in [0.4, 0.5) is 5.69 Å². The molecule has 1 fully saturated rings. The third kappa shape index (κ3) is 4.52. The summed E-state index contributed by atoms with van der Waals surface area (Å²) in [5.41, 5.74) is 3.57. The number of piperidine rings is 1. The van der Waals surface area contributed by atoms with Gasteiger partial charge >= 0.3 is 5.97 Å². The van der Waals surface area contributed by atoms with E-state index in [4.69, 9.17) is 0 Å². The molecule has 1 amide bonds. The van der Waals surface area contributed by atoms with Gasteiger partial charge in [-0.3, -0.25) is 9.78 Å². The molecule has 0 atom stereocenters. The first-order chi connectivity index (χ1) is 14.6. The summed E-state index contributed by atoms with van der Waals surface area (Å²) in [7, 11) is 0. The van der Waals surface area contributed by atoms with Gasteiger partial charge in [0.25, 0.3) is 5.91 Å². The zero-order chi connectivity index (χ0) is 20.9. The predicted molar refractivity (Wildman–Crippen MR) is 114 cm³/mol. The molecule has 3 aromatic rings. The number of rotatable bonds is 5. The van der Waals surface area contributed by atoms with Crippen molar-refractivity contribution in [3.05, 3.63) is 77.9 Å². The fourth-order valence-corrected chi connectivity index (χ4v) is 3.70. The number of carboxylic acid groups (broad SMARTS) is 1. The van der Waals surface area contributed by atoms with E-state index in [0.717, 1.165) is 37.1 Å². The maximum absolute atomic E-state index is 12.4. The first kappa shape index (κ1) is 19.7. The second-order valence-corrected chi connectivity index (χ2v) is 7.30. The average molecular weight is 402 g/mol. The van der Waals surface area contributed by atoms with Crippen LogP contribution in [0.5, 0.6) is 0 Å². The molecule has 2 heterocycles. The maximum atomic E-state index is 12.4. The Morgan fingerprint density at radius 2 is 1.77 bits per heavy atom. The second kappa shape index (κ2) is 8.84. The lowest BCUT2D eigenvalue weighted by Crippen LogP contribution is -2.26. The monoisotopic (exact) mass is 402 g/mol. The van der Waals surface area contributed by atoms with Gasteiger partial charge in [0.05, 0.1) is 11.8 Å². The smallest absolute Gasteiger partial charge is 0.335 e. The highest BCUT2D eigenvalue weighted by molar-refractivity contribution is 6.03. The molecule has 2 aromatic carbocycles. The van der Waals surface area contributed by atoms with Crippen molar-refractivity contribution >= 4 is 17.6 Å². The van der Waals surface area contributed by atoms with E-state index in [-0.39, 0.29) is 11.3 Å². The molecule has 0 spiro atoms. The highest BCUT2D eigenvalue weighted by atomic mass is 16.4. The Balaban J connectivity index is 1.61. The zero-order valence-electron chi connectivity index (χ0n) is 16.3. The first-order valence-corrected chi connectivity index (χ1v) is 9.87. The van der Waals surface area contributed by atoms with E-state index in [0.29, 0.717) is 11.6 Å². The number of amides is 1. The van der Waals surface area contributed by atoms with E-state index in [2.05, 4.69) is 32.7 Å². The molecule has 1 aromatic heterocycles. The van der Waals surface area contributed by atoms with Gasteiger partial charge in [-0.15, -0.1) is 0 Å². The van der Waals surface area contributed by atoms with Gasteiger partial charge in [-0.25, -0.2) is 9.78 Å². The van der Waals surface area contributed by atoms with Gasteiger partial charge in [0, 0.05) is 18.1 Å². The number of aromatic carboxylic acids is 1. The van der Waals surface area contributed by atoms with Gasteiger partial charge in [-0.1, -0.05) is 24.3 Å². The Morgan fingerprint density at radius 3 is 2.43 bits per heavy atom. The molecule has 1 aliphatic rings. The number of hydrogen-bond acceptors (Lipinski definition) is 5. The van der Waals surface area contributed by atoms with E-state index < -0.39 is 11.9 Å². The topological polar surface area (TPSA) is 104 Å². The number of hydrogen-bond donors (Lipinski definition) is 3. The Labute approximate surface area is 174 Å². The number of anilines is 1. The van der Waals surface area contributed by atoms with Crippen LogP contribution in [0.25, 0.3) is 11.1 Å². The first-order valence-electron chi connectivity index (χ1n) is 9.87. The second-order valence-electron chi connectivity index (χ2n) is 7.30. The molecule has 1 saturated heterocycles. The minimum Gasteiger partial charge on any atom is -0.478 e. The Kier molecular flexibility index (Phi) is 5.81. The van der Waals surface area contributed by atoms with E-state index >= 15 is 0 Å². The highest BCUT2D eigenvalue weighted by Gasteiger charge is 2.16. The normalized spacial score (nSPS) is 14.3. The number of nitrogens with zero attached hydrogens (tertiary/aromatic N) is 2. The molecule has 4 rings (SSSR count). The van der Waals surface area contributed by atoms with E-state index in [1.54, 1.807) is 12.1 Å². The van der Waals surface area contributed by atoms with Gasteiger partial charge in [-0.05, 0) is 66.7 Å². The van der Waals surface area contributed by atoms with Crippen molar-refractivity contribution in [1.82, 2.24) is 15.3 Å². The number of carbonyl (C=O) groups is 2. The molecule has 152 valence electrons. The summed E-state index contributed by atoms with van der Waals surface area (Å²) < 4.78 is 0. The summed E-state index contributed by atoms with van der Waals surface area (Å²) in [6.45, 7) is 2.06. The number of carbonyl (C=O) groups excluding carboxylic acids is 1. The third-order valence-corrected chi connectivity index (χ3v) is 5.29.